The Hall–Kier alpha value is -2.55. The summed E-state index contributed by atoms with van der Waals surface area (Å²) >= 11 is 0. The maximum Gasteiger partial charge on any atom is 0.408 e. The molecule has 1 aromatic carbocycles. The predicted octanol–water partition coefficient (Wildman–Crippen LogP) is 2.54. The largest absolute Gasteiger partial charge is 0.460 e. The van der Waals surface area contributed by atoms with Gasteiger partial charge in [-0.3, -0.25) is 4.79 Å². The highest BCUT2D eigenvalue weighted by molar-refractivity contribution is 5.73. The smallest absolute Gasteiger partial charge is 0.408 e. The molecule has 118 valence electrons. The highest BCUT2D eigenvalue weighted by Gasteiger charge is 2.21. The van der Waals surface area contributed by atoms with E-state index in [0.29, 0.717) is 0 Å². The summed E-state index contributed by atoms with van der Waals surface area (Å²) < 4.78 is 10.1. The van der Waals surface area contributed by atoms with E-state index in [-0.39, 0.29) is 13.0 Å². The third-order valence-electron chi connectivity index (χ3n) is 2.45. The van der Waals surface area contributed by atoms with Crippen LogP contribution in [0.25, 0.3) is 0 Å². The number of nitrogens with zero attached hydrogens (tertiary/aromatic N) is 1. The molecule has 0 aliphatic rings. The van der Waals surface area contributed by atoms with E-state index in [1.807, 2.05) is 36.4 Å². The number of amides is 1. The second kappa shape index (κ2) is 8.03. The first-order chi connectivity index (χ1) is 10.3. The lowest BCUT2D eigenvalue weighted by Gasteiger charge is -2.20. The fraction of sp³-hybridized carbons (Fsp3) is 0.438. The van der Waals surface area contributed by atoms with Gasteiger partial charge in [-0.1, -0.05) is 30.3 Å². The number of esters is 1. The standard InChI is InChI=1S/C16H20N2O4/c1-16(2,3)22-14(19)9-13(10-17)18-15(20)21-11-12-7-5-4-6-8-12/h4-8,13H,9,11H2,1-3H3,(H,18,20)/t13-/m0/s1. The number of nitriles is 1. The first-order valence-corrected chi connectivity index (χ1v) is 6.89. The molecule has 0 saturated carbocycles. The molecule has 0 fully saturated rings. The van der Waals surface area contributed by atoms with Gasteiger partial charge in [0.05, 0.1) is 12.5 Å². The Morgan fingerprint density at radius 3 is 2.45 bits per heavy atom. The van der Waals surface area contributed by atoms with Crippen molar-refractivity contribution in [2.24, 2.45) is 0 Å². The van der Waals surface area contributed by atoms with Crippen LogP contribution < -0.4 is 5.32 Å². The summed E-state index contributed by atoms with van der Waals surface area (Å²) in [5.41, 5.74) is 0.198. The molecule has 0 radical (unpaired) electrons. The Bertz CT molecular complexity index is 544. The first-order valence-electron chi connectivity index (χ1n) is 6.89. The molecule has 22 heavy (non-hydrogen) atoms. The van der Waals surface area contributed by atoms with Gasteiger partial charge in [0.2, 0.25) is 0 Å². The van der Waals surface area contributed by atoms with Crippen molar-refractivity contribution < 1.29 is 19.1 Å². The van der Waals surface area contributed by atoms with E-state index in [1.165, 1.54) is 0 Å². The number of carbonyl (C=O) groups is 2. The SMILES string of the molecule is CC(C)(C)OC(=O)C[C@@H](C#N)NC(=O)OCc1ccccc1. The van der Waals surface area contributed by atoms with Crippen LogP contribution in [-0.4, -0.2) is 23.7 Å². The third-order valence-corrected chi connectivity index (χ3v) is 2.45. The highest BCUT2D eigenvalue weighted by Crippen LogP contribution is 2.09. The Labute approximate surface area is 130 Å². The van der Waals surface area contributed by atoms with Crippen molar-refractivity contribution in [2.45, 2.75) is 45.4 Å². The monoisotopic (exact) mass is 304 g/mol. The lowest BCUT2D eigenvalue weighted by Crippen LogP contribution is -2.37. The molecule has 1 aromatic rings. The van der Waals surface area contributed by atoms with Crippen LogP contribution in [0.15, 0.2) is 30.3 Å². The minimum atomic E-state index is -0.988. The minimum Gasteiger partial charge on any atom is -0.460 e. The summed E-state index contributed by atoms with van der Waals surface area (Å²) in [6.07, 6.45) is -0.979. The fourth-order valence-corrected chi connectivity index (χ4v) is 1.59. The zero-order valence-electron chi connectivity index (χ0n) is 13.0. The summed E-state index contributed by atoms with van der Waals surface area (Å²) in [5.74, 6) is -0.553. The molecule has 1 amide bonds. The molecule has 1 N–H and O–H groups in total. The lowest BCUT2D eigenvalue weighted by atomic mass is 10.2. The van der Waals surface area contributed by atoms with Crippen molar-refractivity contribution in [1.29, 1.82) is 5.26 Å². The molecular formula is C16H20N2O4. The molecule has 0 spiro atoms. The summed E-state index contributed by atoms with van der Waals surface area (Å²) in [7, 11) is 0. The summed E-state index contributed by atoms with van der Waals surface area (Å²) in [6, 6.07) is 10.00. The second-order valence-corrected chi connectivity index (χ2v) is 5.68. The Morgan fingerprint density at radius 2 is 1.91 bits per heavy atom. The molecule has 1 rings (SSSR count). The third kappa shape index (κ3) is 7.29. The van der Waals surface area contributed by atoms with Gasteiger partial charge in [-0.05, 0) is 26.3 Å². The number of hydrogen-bond donors (Lipinski definition) is 1. The summed E-state index contributed by atoms with van der Waals surface area (Å²) in [6.45, 7) is 5.28. The maximum absolute atomic E-state index is 11.6. The molecule has 6 nitrogen and oxygen atoms in total. The minimum absolute atomic E-state index is 0.0945. The molecule has 1 atom stereocenters. The van der Waals surface area contributed by atoms with E-state index < -0.39 is 23.7 Å². The summed E-state index contributed by atoms with van der Waals surface area (Å²) in [4.78, 5) is 23.2. The molecule has 0 aliphatic carbocycles. The van der Waals surface area contributed by atoms with E-state index in [0.717, 1.165) is 5.56 Å². The van der Waals surface area contributed by atoms with Gasteiger partial charge < -0.3 is 14.8 Å². The molecule has 6 heteroatoms. The number of alkyl carbamates (subject to hydrolysis) is 1. The fourth-order valence-electron chi connectivity index (χ4n) is 1.59. The Kier molecular flexibility index (Phi) is 6.39. The molecular weight excluding hydrogens is 284 g/mol. The van der Waals surface area contributed by atoms with Crippen LogP contribution in [0.1, 0.15) is 32.8 Å². The number of carbonyl (C=O) groups excluding carboxylic acids is 2. The predicted molar refractivity (Wildman–Crippen MR) is 79.6 cm³/mol. The normalized spacial score (nSPS) is 11.9. The van der Waals surface area contributed by atoms with Crippen LogP contribution >= 0.6 is 0 Å². The van der Waals surface area contributed by atoms with Crippen LogP contribution in [0.3, 0.4) is 0 Å². The van der Waals surface area contributed by atoms with Gasteiger partial charge in [-0.2, -0.15) is 5.26 Å². The lowest BCUT2D eigenvalue weighted by molar-refractivity contribution is -0.155. The van der Waals surface area contributed by atoms with E-state index in [4.69, 9.17) is 14.7 Å². The number of rotatable bonds is 5. The van der Waals surface area contributed by atoms with E-state index in [1.54, 1.807) is 20.8 Å². The van der Waals surface area contributed by atoms with E-state index in [9.17, 15) is 9.59 Å². The van der Waals surface area contributed by atoms with Crippen LogP contribution in [-0.2, 0) is 20.9 Å². The molecule has 0 saturated heterocycles. The van der Waals surface area contributed by atoms with E-state index >= 15 is 0 Å². The van der Waals surface area contributed by atoms with Crippen molar-refractivity contribution in [1.82, 2.24) is 5.32 Å². The van der Waals surface area contributed by atoms with Crippen LogP contribution in [0, 0.1) is 11.3 Å². The van der Waals surface area contributed by atoms with Gasteiger partial charge in [0.15, 0.2) is 0 Å². The van der Waals surface area contributed by atoms with Crippen LogP contribution in [0.2, 0.25) is 0 Å². The number of benzene rings is 1. The second-order valence-electron chi connectivity index (χ2n) is 5.68. The van der Waals surface area contributed by atoms with Gasteiger partial charge in [0, 0.05) is 0 Å². The average Bonchev–Trinajstić information content (AvgIpc) is 2.43. The van der Waals surface area contributed by atoms with Crippen molar-refractivity contribution in [3.8, 4) is 6.07 Å². The van der Waals surface area contributed by atoms with E-state index in [2.05, 4.69) is 5.32 Å². The number of hydrogen-bond acceptors (Lipinski definition) is 5. The van der Waals surface area contributed by atoms with Crippen molar-refractivity contribution in [3.05, 3.63) is 35.9 Å². The molecule has 0 bridgehead atoms. The zero-order valence-corrected chi connectivity index (χ0v) is 13.0. The van der Waals surface area contributed by atoms with Crippen molar-refractivity contribution in [3.63, 3.8) is 0 Å². The van der Waals surface area contributed by atoms with Crippen molar-refractivity contribution in [2.75, 3.05) is 0 Å². The van der Waals surface area contributed by atoms with Gasteiger partial charge in [-0.25, -0.2) is 4.79 Å². The van der Waals surface area contributed by atoms with Gasteiger partial charge >= 0.3 is 12.1 Å². The molecule has 0 unspecified atom stereocenters. The number of nitrogens with one attached hydrogen (secondary N) is 1. The Morgan fingerprint density at radius 1 is 1.27 bits per heavy atom. The van der Waals surface area contributed by atoms with Crippen LogP contribution in [0.4, 0.5) is 4.79 Å². The molecule has 0 aliphatic heterocycles. The maximum atomic E-state index is 11.6. The zero-order chi connectivity index (χ0) is 16.6. The topological polar surface area (TPSA) is 88.4 Å². The molecule has 0 aromatic heterocycles. The highest BCUT2D eigenvalue weighted by atomic mass is 16.6. The quantitative estimate of drug-likeness (QED) is 0.844. The van der Waals surface area contributed by atoms with Crippen LogP contribution in [0.5, 0.6) is 0 Å². The average molecular weight is 304 g/mol. The van der Waals surface area contributed by atoms with Gasteiger partial charge in [-0.15, -0.1) is 0 Å². The van der Waals surface area contributed by atoms with Gasteiger partial charge in [0.1, 0.15) is 18.2 Å². The number of ether oxygens (including phenoxy) is 2. The Balaban J connectivity index is 2.40. The van der Waals surface area contributed by atoms with Crippen molar-refractivity contribution >= 4 is 12.1 Å². The van der Waals surface area contributed by atoms with Gasteiger partial charge in [0.25, 0.3) is 0 Å². The molecule has 0 heterocycles. The summed E-state index contributed by atoms with van der Waals surface area (Å²) in [5, 5.41) is 11.3. The first kappa shape index (κ1) is 17.5.